The molecule has 8 heteroatoms. The number of rotatable bonds is 8. The number of nitrogens with one attached hydrogen (secondary N) is 2. The van der Waals surface area contributed by atoms with E-state index in [9.17, 15) is 14.4 Å². The fourth-order valence-corrected chi connectivity index (χ4v) is 2.10. The highest BCUT2D eigenvalue weighted by Crippen LogP contribution is 2.16. The summed E-state index contributed by atoms with van der Waals surface area (Å²) in [4.78, 5) is 37.6. The number of carbonyl (C=O) groups excluding carboxylic acids is 2. The van der Waals surface area contributed by atoms with Crippen LogP contribution in [0.3, 0.4) is 0 Å². The summed E-state index contributed by atoms with van der Waals surface area (Å²) in [5.74, 6) is -1.34. The second-order valence-electron chi connectivity index (χ2n) is 4.81. The Morgan fingerprint density at radius 2 is 2.10 bits per heavy atom. The topological polar surface area (TPSA) is 108 Å². The molecule has 3 N–H and O–H groups in total. The molecule has 0 aliphatic rings. The van der Waals surface area contributed by atoms with E-state index in [1.165, 1.54) is 11.3 Å². The number of thiazole rings is 1. The van der Waals surface area contributed by atoms with Crippen molar-refractivity contribution in [2.75, 3.05) is 11.9 Å². The molecule has 1 heterocycles. The minimum atomic E-state index is -0.880. The van der Waals surface area contributed by atoms with Crippen LogP contribution in [0.5, 0.6) is 0 Å². The Balaban J connectivity index is 2.35. The number of anilines is 1. The van der Waals surface area contributed by atoms with Crippen LogP contribution in [0.25, 0.3) is 0 Å². The summed E-state index contributed by atoms with van der Waals surface area (Å²) >= 11 is 1.27. The third-order valence-corrected chi connectivity index (χ3v) is 3.34. The molecule has 116 valence electrons. The van der Waals surface area contributed by atoms with Gasteiger partial charge in [-0.25, -0.2) is 4.98 Å². The molecule has 2 amide bonds. The maximum absolute atomic E-state index is 11.6. The van der Waals surface area contributed by atoms with Crippen LogP contribution in [0.15, 0.2) is 5.38 Å². The van der Waals surface area contributed by atoms with Crippen LogP contribution >= 0.6 is 11.3 Å². The van der Waals surface area contributed by atoms with E-state index in [1.807, 2.05) is 0 Å². The van der Waals surface area contributed by atoms with Crippen molar-refractivity contribution >= 4 is 34.3 Å². The molecule has 21 heavy (non-hydrogen) atoms. The average Bonchev–Trinajstić information content (AvgIpc) is 2.81. The molecule has 0 aromatic carbocycles. The molecule has 0 saturated carbocycles. The van der Waals surface area contributed by atoms with Crippen LogP contribution in [-0.2, 0) is 20.8 Å². The number of carbonyl (C=O) groups is 3. The van der Waals surface area contributed by atoms with Gasteiger partial charge in [0.2, 0.25) is 11.8 Å². The van der Waals surface area contributed by atoms with Crippen molar-refractivity contribution in [1.29, 1.82) is 0 Å². The first-order chi connectivity index (χ1) is 9.88. The van der Waals surface area contributed by atoms with Gasteiger partial charge in [0.05, 0.1) is 12.1 Å². The number of nitrogens with zero attached hydrogens (tertiary/aromatic N) is 1. The Kier molecular flexibility index (Phi) is 6.80. The van der Waals surface area contributed by atoms with Crippen molar-refractivity contribution in [3.63, 3.8) is 0 Å². The molecule has 0 aliphatic carbocycles. The zero-order valence-corrected chi connectivity index (χ0v) is 12.8. The molecule has 0 fully saturated rings. The van der Waals surface area contributed by atoms with Crippen LogP contribution in [0, 0.1) is 5.92 Å². The molecular weight excluding hydrogens is 294 g/mol. The zero-order valence-electron chi connectivity index (χ0n) is 12.0. The fourth-order valence-electron chi connectivity index (χ4n) is 1.39. The molecule has 1 rings (SSSR count). The lowest BCUT2D eigenvalue weighted by molar-refractivity contribution is -0.137. The molecule has 1 aromatic heterocycles. The smallest absolute Gasteiger partial charge is 0.303 e. The minimum absolute atomic E-state index is 0.0301. The molecule has 0 unspecified atom stereocenters. The van der Waals surface area contributed by atoms with Gasteiger partial charge in [-0.15, -0.1) is 11.3 Å². The lowest BCUT2D eigenvalue weighted by Crippen LogP contribution is -2.26. The number of aromatic nitrogens is 1. The van der Waals surface area contributed by atoms with E-state index in [4.69, 9.17) is 5.11 Å². The molecule has 0 aliphatic heterocycles. The summed E-state index contributed by atoms with van der Waals surface area (Å²) in [5.41, 5.74) is 0.579. The summed E-state index contributed by atoms with van der Waals surface area (Å²) in [6.07, 6.45) is 0.539. The predicted octanol–water partition coefficient (Wildman–Crippen LogP) is 1.26. The Labute approximate surface area is 126 Å². The van der Waals surface area contributed by atoms with Gasteiger partial charge in [0.15, 0.2) is 5.13 Å². The van der Waals surface area contributed by atoms with Crippen LogP contribution in [0.4, 0.5) is 5.13 Å². The second-order valence-corrected chi connectivity index (χ2v) is 5.67. The lowest BCUT2D eigenvalue weighted by atomic mass is 10.2. The van der Waals surface area contributed by atoms with Gasteiger partial charge in [-0.1, -0.05) is 13.8 Å². The van der Waals surface area contributed by atoms with E-state index < -0.39 is 5.97 Å². The minimum Gasteiger partial charge on any atom is -0.481 e. The molecular formula is C13H19N3O4S. The summed E-state index contributed by atoms with van der Waals surface area (Å²) in [7, 11) is 0. The van der Waals surface area contributed by atoms with Crippen molar-refractivity contribution in [2.24, 2.45) is 5.92 Å². The third-order valence-electron chi connectivity index (χ3n) is 2.54. The first kappa shape index (κ1) is 17.1. The monoisotopic (exact) mass is 313 g/mol. The molecule has 7 nitrogen and oxygen atoms in total. The van der Waals surface area contributed by atoms with E-state index in [0.717, 1.165) is 0 Å². The third kappa shape index (κ3) is 6.84. The maximum Gasteiger partial charge on any atom is 0.303 e. The lowest BCUT2D eigenvalue weighted by Gasteiger charge is -2.04. The van der Waals surface area contributed by atoms with Crippen LogP contribution in [0.2, 0.25) is 0 Å². The molecule has 1 aromatic rings. The second kappa shape index (κ2) is 8.35. The fraction of sp³-hybridized carbons (Fsp3) is 0.538. The Bertz CT molecular complexity index is 513. The number of hydrogen-bond acceptors (Lipinski definition) is 5. The standard InChI is InChI=1S/C13H19N3O4S/c1-8(2)12(20)16-13-15-9(7-21-13)6-10(17)14-5-3-4-11(18)19/h7-8H,3-6H2,1-2H3,(H,14,17)(H,18,19)(H,15,16,20). The maximum atomic E-state index is 11.6. The first-order valence-electron chi connectivity index (χ1n) is 6.62. The predicted molar refractivity (Wildman–Crippen MR) is 79.2 cm³/mol. The van der Waals surface area contributed by atoms with E-state index in [-0.39, 0.29) is 30.6 Å². The summed E-state index contributed by atoms with van der Waals surface area (Å²) < 4.78 is 0. The molecule has 0 radical (unpaired) electrons. The quantitative estimate of drug-likeness (QED) is 0.626. The molecule has 0 bridgehead atoms. The SMILES string of the molecule is CC(C)C(=O)Nc1nc(CC(=O)NCCCC(=O)O)cs1. The number of hydrogen-bond donors (Lipinski definition) is 3. The summed E-state index contributed by atoms with van der Waals surface area (Å²) in [6.45, 7) is 3.90. The van der Waals surface area contributed by atoms with Crippen molar-refractivity contribution in [1.82, 2.24) is 10.3 Å². The number of amides is 2. The van der Waals surface area contributed by atoms with Crippen LogP contribution in [-0.4, -0.2) is 34.4 Å². The van der Waals surface area contributed by atoms with Crippen LogP contribution in [0.1, 0.15) is 32.4 Å². The van der Waals surface area contributed by atoms with Gasteiger partial charge in [0.25, 0.3) is 0 Å². The van der Waals surface area contributed by atoms with Gasteiger partial charge in [-0.05, 0) is 6.42 Å². The van der Waals surface area contributed by atoms with Gasteiger partial charge in [-0.2, -0.15) is 0 Å². The normalized spacial score (nSPS) is 10.4. The van der Waals surface area contributed by atoms with Gasteiger partial charge >= 0.3 is 5.97 Å². The van der Waals surface area contributed by atoms with Gasteiger partial charge < -0.3 is 15.7 Å². The first-order valence-corrected chi connectivity index (χ1v) is 7.50. The van der Waals surface area contributed by atoms with Crippen molar-refractivity contribution in [3.8, 4) is 0 Å². The van der Waals surface area contributed by atoms with Crippen molar-refractivity contribution in [2.45, 2.75) is 33.1 Å². The van der Waals surface area contributed by atoms with E-state index in [0.29, 0.717) is 23.8 Å². The molecule has 0 saturated heterocycles. The zero-order chi connectivity index (χ0) is 15.8. The highest BCUT2D eigenvalue weighted by atomic mass is 32.1. The molecule has 0 atom stereocenters. The number of carboxylic acid groups (broad SMARTS) is 1. The highest BCUT2D eigenvalue weighted by Gasteiger charge is 2.11. The van der Waals surface area contributed by atoms with Gasteiger partial charge in [0, 0.05) is 24.3 Å². The van der Waals surface area contributed by atoms with E-state index in [2.05, 4.69) is 15.6 Å². The number of carboxylic acids is 1. The van der Waals surface area contributed by atoms with Crippen molar-refractivity contribution in [3.05, 3.63) is 11.1 Å². The Morgan fingerprint density at radius 3 is 2.71 bits per heavy atom. The summed E-state index contributed by atoms with van der Waals surface area (Å²) in [6, 6.07) is 0. The number of aliphatic carboxylic acids is 1. The van der Waals surface area contributed by atoms with Crippen LogP contribution < -0.4 is 10.6 Å². The van der Waals surface area contributed by atoms with Gasteiger partial charge in [-0.3, -0.25) is 14.4 Å². The molecule has 0 spiro atoms. The largest absolute Gasteiger partial charge is 0.481 e. The van der Waals surface area contributed by atoms with E-state index in [1.54, 1.807) is 19.2 Å². The highest BCUT2D eigenvalue weighted by molar-refractivity contribution is 7.13. The van der Waals surface area contributed by atoms with Crippen molar-refractivity contribution < 1.29 is 19.5 Å². The Hall–Kier alpha value is -1.96. The Morgan fingerprint density at radius 1 is 1.38 bits per heavy atom. The van der Waals surface area contributed by atoms with E-state index >= 15 is 0 Å². The summed E-state index contributed by atoms with van der Waals surface area (Å²) in [5, 5.41) is 16.0. The van der Waals surface area contributed by atoms with Gasteiger partial charge in [0.1, 0.15) is 0 Å². The average molecular weight is 313 g/mol.